The van der Waals surface area contributed by atoms with Crippen LogP contribution in [-0.4, -0.2) is 17.2 Å². The molecule has 0 fully saturated rings. The Hall–Kier alpha value is -4.76. The number of hydrogen-bond donors (Lipinski definition) is 2. The van der Waals surface area contributed by atoms with Crippen LogP contribution in [0, 0.1) is 0 Å². The molecule has 0 amide bonds. The molecule has 0 radical (unpaired) electrons. The number of hydrogen-bond acceptors (Lipinski definition) is 4. The first-order chi connectivity index (χ1) is 27.3. The van der Waals surface area contributed by atoms with Crippen molar-refractivity contribution in [1.29, 1.82) is 0 Å². The van der Waals surface area contributed by atoms with E-state index in [1.165, 1.54) is 46.9 Å². The maximum atomic E-state index is 9.31. The van der Waals surface area contributed by atoms with E-state index in [2.05, 4.69) is 119 Å². The second-order valence-corrected chi connectivity index (χ2v) is 17.0. The molecule has 0 aliphatic carbocycles. The molecule has 0 atom stereocenters. The first-order valence-corrected chi connectivity index (χ1v) is 21.0. The van der Waals surface area contributed by atoms with E-state index in [-0.39, 0.29) is 0 Å². The number of benzene rings is 8. The van der Waals surface area contributed by atoms with Gasteiger partial charge in [0.1, 0.15) is 0 Å². The summed E-state index contributed by atoms with van der Waals surface area (Å²) < 4.78 is 5.77. The van der Waals surface area contributed by atoms with Crippen molar-refractivity contribution in [2.24, 2.45) is 0 Å². The van der Waals surface area contributed by atoms with Gasteiger partial charge in [0.25, 0.3) is 0 Å². The van der Waals surface area contributed by atoms with Crippen molar-refractivity contribution in [3.63, 3.8) is 0 Å². The molecule has 2 nitrogen and oxygen atoms in total. The number of fused-ring (bicyclic) bond motifs is 6. The van der Waals surface area contributed by atoms with Crippen molar-refractivity contribution < 1.29 is 10.0 Å². The molecule has 2 N–H and O–H groups in total. The fourth-order valence-corrected chi connectivity index (χ4v) is 10.4. The fourth-order valence-electron chi connectivity index (χ4n) is 6.84. The van der Waals surface area contributed by atoms with E-state index in [4.69, 9.17) is 23.2 Å². The van der Waals surface area contributed by atoms with Gasteiger partial charge in [-0.1, -0.05) is 173 Å². The van der Waals surface area contributed by atoms with Gasteiger partial charge in [0.2, 0.25) is 0 Å². The minimum absolute atomic E-state index is 0.582. The zero-order valence-electron chi connectivity index (χ0n) is 29.7. The number of rotatable bonds is 4. The standard InChI is InChI=1S/C24H15ClS.C12H9BO2S.C12H8BrCl/c25-19-14-17(16-7-2-1-3-8-16)13-18(15-19)20-10-6-11-22-21-9-4-5-12-23(21)26-24(20)22;14-13(15)10-6-3-5-9-8-4-1-2-7-11(8)16-12(9)10;13-11-6-10(7-12(14)8-11)9-4-2-1-3-5-9/h1-15H;1-7,14-15H;1-8H. The Bertz CT molecular complexity index is 2930. The van der Waals surface area contributed by atoms with Crippen molar-refractivity contribution in [3.8, 4) is 33.4 Å². The molecule has 10 rings (SSSR count). The predicted octanol–water partition coefficient (Wildman–Crippen LogP) is 14.5. The third kappa shape index (κ3) is 8.34. The van der Waals surface area contributed by atoms with Gasteiger partial charge >= 0.3 is 7.12 Å². The molecule has 0 aliphatic rings. The second-order valence-electron chi connectivity index (χ2n) is 13.1. The van der Waals surface area contributed by atoms with Gasteiger partial charge in [-0.3, -0.25) is 0 Å². The minimum atomic E-state index is -1.41. The average Bonchev–Trinajstić information content (AvgIpc) is 3.80. The lowest BCUT2D eigenvalue weighted by Gasteiger charge is -2.09. The lowest BCUT2D eigenvalue weighted by molar-refractivity contribution is 0.426. The van der Waals surface area contributed by atoms with Gasteiger partial charge in [-0.15, -0.1) is 22.7 Å². The SMILES string of the molecule is Clc1cc(-c2ccccc2)cc(-c2cccc3c2sc2ccccc23)c1.Clc1cc(Br)cc(-c2ccccc2)c1.OB(O)c1cccc2c1sc1ccccc12. The fraction of sp³-hybridized carbons (Fsp3) is 0. The molecule has 10 aromatic rings. The molecule has 2 heterocycles. The smallest absolute Gasteiger partial charge is 0.423 e. The van der Waals surface area contributed by atoms with E-state index < -0.39 is 7.12 Å². The van der Waals surface area contributed by atoms with Crippen molar-refractivity contribution in [3.05, 3.63) is 197 Å². The lowest BCUT2D eigenvalue weighted by Crippen LogP contribution is -2.29. The first-order valence-electron chi connectivity index (χ1n) is 17.9. The molecule has 0 bridgehead atoms. The summed E-state index contributed by atoms with van der Waals surface area (Å²) in [6.45, 7) is 0. The Labute approximate surface area is 352 Å². The topological polar surface area (TPSA) is 40.5 Å². The quantitative estimate of drug-likeness (QED) is 0.173. The third-order valence-electron chi connectivity index (χ3n) is 9.40. The maximum Gasteiger partial charge on any atom is 0.489 e. The Morgan fingerprint density at radius 2 is 0.875 bits per heavy atom. The molecule has 272 valence electrons. The molecular formula is C48H32BBrCl2O2S2. The molecule has 56 heavy (non-hydrogen) atoms. The zero-order chi connectivity index (χ0) is 38.6. The molecule has 8 aromatic carbocycles. The Morgan fingerprint density at radius 3 is 1.46 bits per heavy atom. The summed E-state index contributed by atoms with van der Waals surface area (Å²) in [5.41, 5.74) is 7.61. The van der Waals surface area contributed by atoms with Crippen LogP contribution in [-0.2, 0) is 0 Å². The Balaban J connectivity index is 0.000000126. The van der Waals surface area contributed by atoms with Crippen LogP contribution in [0.1, 0.15) is 0 Å². The molecular weight excluding hydrogens is 834 g/mol. The van der Waals surface area contributed by atoms with Crippen LogP contribution >= 0.6 is 61.8 Å². The van der Waals surface area contributed by atoms with Gasteiger partial charge in [-0.25, -0.2) is 0 Å². The Morgan fingerprint density at radius 1 is 0.411 bits per heavy atom. The largest absolute Gasteiger partial charge is 0.489 e. The van der Waals surface area contributed by atoms with Crippen molar-refractivity contribution in [1.82, 2.24) is 0 Å². The van der Waals surface area contributed by atoms with Crippen LogP contribution in [0.5, 0.6) is 0 Å². The van der Waals surface area contributed by atoms with E-state index in [1.807, 2.05) is 84.1 Å². The average molecular weight is 867 g/mol. The molecule has 8 heteroatoms. The van der Waals surface area contributed by atoms with Gasteiger partial charge in [-0.2, -0.15) is 0 Å². The minimum Gasteiger partial charge on any atom is -0.423 e. The normalized spacial score (nSPS) is 10.9. The highest BCUT2D eigenvalue weighted by molar-refractivity contribution is 9.10. The van der Waals surface area contributed by atoms with E-state index in [1.54, 1.807) is 17.4 Å². The highest BCUT2D eigenvalue weighted by atomic mass is 79.9. The van der Waals surface area contributed by atoms with E-state index in [0.717, 1.165) is 41.3 Å². The third-order valence-corrected chi connectivity index (χ3v) is 12.8. The van der Waals surface area contributed by atoms with Crippen LogP contribution in [0.15, 0.2) is 186 Å². The summed E-state index contributed by atoms with van der Waals surface area (Å²) in [7, 11) is -1.41. The van der Waals surface area contributed by atoms with E-state index in [9.17, 15) is 10.0 Å². The Kier molecular flexibility index (Phi) is 11.7. The molecule has 0 saturated carbocycles. The summed E-state index contributed by atoms with van der Waals surface area (Å²) in [6.07, 6.45) is 0. The number of halogens is 3. The van der Waals surface area contributed by atoms with Gasteiger partial charge in [0.15, 0.2) is 0 Å². The zero-order valence-corrected chi connectivity index (χ0v) is 34.5. The summed E-state index contributed by atoms with van der Waals surface area (Å²) in [5.74, 6) is 0. The van der Waals surface area contributed by atoms with Crippen LogP contribution in [0.4, 0.5) is 0 Å². The highest BCUT2D eigenvalue weighted by Gasteiger charge is 2.17. The van der Waals surface area contributed by atoms with Crippen molar-refractivity contribution in [2.75, 3.05) is 0 Å². The summed E-state index contributed by atoms with van der Waals surface area (Å²) in [4.78, 5) is 0. The monoisotopic (exact) mass is 864 g/mol. The van der Waals surface area contributed by atoms with Crippen LogP contribution in [0.3, 0.4) is 0 Å². The van der Waals surface area contributed by atoms with Crippen LogP contribution in [0.25, 0.3) is 73.7 Å². The van der Waals surface area contributed by atoms with Gasteiger partial charge in [-0.05, 0) is 92.8 Å². The van der Waals surface area contributed by atoms with E-state index in [0.29, 0.717) is 5.46 Å². The van der Waals surface area contributed by atoms with Gasteiger partial charge in [0.05, 0.1) is 0 Å². The van der Waals surface area contributed by atoms with Crippen molar-refractivity contribution >= 4 is 115 Å². The summed E-state index contributed by atoms with van der Waals surface area (Å²) >= 11 is 19.3. The molecule has 0 spiro atoms. The predicted molar refractivity (Wildman–Crippen MR) is 249 cm³/mol. The molecule has 0 unspecified atom stereocenters. The summed E-state index contributed by atoms with van der Waals surface area (Å²) in [5, 5.41) is 25.0. The summed E-state index contributed by atoms with van der Waals surface area (Å²) in [6, 6.07) is 61.7. The molecule has 2 aromatic heterocycles. The highest BCUT2D eigenvalue weighted by Crippen LogP contribution is 2.41. The van der Waals surface area contributed by atoms with Crippen LogP contribution < -0.4 is 5.46 Å². The van der Waals surface area contributed by atoms with Gasteiger partial charge in [0, 0.05) is 49.5 Å². The maximum absolute atomic E-state index is 9.31. The van der Waals surface area contributed by atoms with Crippen molar-refractivity contribution in [2.45, 2.75) is 0 Å². The van der Waals surface area contributed by atoms with E-state index >= 15 is 0 Å². The molecule has 0 saturated heterocycles. The van der Waals surface area contributed by atoms with Gasteiger partial charge < -0.3 is 10.0 Å². The number of thiophene rings is 2. The lowest BCUT2D eigenvalue weighted by atomic mass is 9.80. The van der Waals surface area contributed by atoms with Crippen LogP contribution in [0.2, 0.25) is 10.0 Å². The molecule has 0 aliphatic heterocycles. The second kappa shape index (κ2) is 17.2. The first kappa shape index (κ1) is 38.1.